The molecule has 3 rings (SSSR count). The van der Waals surface area contributed by atoms with Crippen LogP contribution in [0.5, 0.6) is 5.75 Å². The molecule has 0 atom stereocenters. The van der Waals surface area contributed by atoms with Crippen molar-refractivity contribution in [1.82, 2.24) is 14.9 Å². The molecule has 0 spiro atoms. The van der Waals surface area contributed by atoms with Gasteiger partial charge in [-0.05, 0) is 24.1 Å². The number of carbonyl (C=O) groups is 1. The van der Waals surface area contributed by atoms with Crippen LogP contribution in [0, 0.1) is 0 Å². The number of hydrogen-bond donors (Lipinski definition) is 0. The molecule has 6 heteroatoms. The number of aromatic nitrogens is 2. The van der Waals surface area contributed by atoms with Gasteiger partial charge >= 0.3 is 0 Å². The van der Waals surface area contributed by atoms with Gasteiger partial charge in [-0.15, -0.1) is 0 Å². The Bertz CT molecular complexity index is 670. The number of anilines is 1. The normalized spacial score (nSPS) is 14.5. The number of aryl methyl sites for hydroxylation is 1. The Balaban J connectivity index is 1.52. The van der Waals surface area contributed by atoms with E-state index in [2.05, 4.69) is 20.9 Å². The fourth-order valence-electron chi connectivity index (χ4n) is 2.96. The van der Waals surface area contributed by atoms with Crippen molar-refractivity contribution < 1.29 is 9.53 Å². The topological polar surface area (TPSA) is 58.6 Å². The van der Waals surface area contributed by atoms with E-state index in [-0.39, 0.29) is 5.91 Å². The average molecular weight is 326 g/mol. The van der Waals surface area contributed by atoms with Crippen LogP contribution in [-0.4, -0.2) is 54.1 Å². The zero-order valence-corrected chi connectivity index (χ0v) is 13.9. The molecule has 1 fully saturated rings. The van der Waals surface area contributed by atoms with Crippen LogP contribution in [0.15, 0.2) is 43.0 Å². The molecule has 1 aromatic heterocycles. The van der Waals surface area contributed by atoms with Crippen LogP contribution >= 0.6 is 0 Å². The van der Waals surface area contributed by atoms with Crippen molar-refractivity contribution in [1.29, 1.82) is 0 Å². The molecular weight excluding hydrogens is 304 g/mol. The van der Waals surface area contributed by atoms with E-state index in [1.807, 2.05) is 23.1 Å². The minimum Gasteiger partial charge on any atom is -0.495 e. The first kappa shape index (κ1) is 16.2. The van der Waals surface area contributed by atoms with Crippen molar-refractivity contribution in [2.45, 2.75) is 12.8 Å². The van der Waals surface area contributed by atoms with E-state index in [9.17, 15) is 4.79 Å². The summed E-state index contributed by atoms with van der Waals surface area (Å²) in [6, 6.07) is 8.01. The molecule has 24 heavy (non-hydrogen) atoms. The van der Waals surface area contributed by atoms with Gasteiger partial charge in [0.2, 0.25) is 5.91 Å². The van der Waals surface area contributed by atoms with E-state index in [0.717, 1.165) is 43.2 Å². The largest absolute Gasteiger partial charge is 0.495 e. The van der Waals surface area contributed by atoms with Gasteiger partial charge in [0.15, 0.2) is 0 Å². The fraction of sp³-hybridized carbons (Fsp3) is 0.389. The molecule has 0 bridgehead atoms. The van der Waals surface area contributed by atoms with Gasteiger partial charge in [0.05, 0.1) is 12.8 Å². The van der Waals surface area contributed by atoms with Gasteiger partial charge in [-0.2, -0.15) is 0 Å². The highest BCUT2D eigenvalue weighted by Crippen LogP contribution is 2.28. The quantitative estimate of drug-likeness (QED) is 0.838. The molecule has 2 aromatic rings. The van der Waals surface area contributed by atoms with Gasteiger partial charge in [-0.1, -0.05) is 12.1 Å². The van der Waals surface area contributed by atoms with Crippen molar-refractivity contribution in [2.75, 3.05) is 38.2 Å². The molecule has 1 saturated heterocycles. The molecule has 2 heterocycles. The Labute approximate surface area is 142 Å². The molecule has 0 aliphatic carbocycles. The zero-order valence-electron chi connectivity index (χ0n) is 13.9. The number of amides is 1. The maximum absolute atomic E-state index is 12.4. The molecule has 0 N–H and O–H groups in total. The third-order valence-electron chi connectivity index (χ3n) is 4.30. The summed E-state index contributed by atoms with van der Waals surface area (Å²) in [4.78, 5) is 24.6. The van der Waals surface area contributed by atoms with Gasteiger partial charge < -0.3 is 14.5 Å². The van der Waals surface area contributed by atoms with Crippen LogP contribution in [0.4, 0.5) is 5.69 Å². The van der Waals surface area contributed by atoms with Crippen LogP contribution in [0.25, 0.3) is 0 Å². The van der Waals surface area contributed by atoms with Gasteiger partial charge in [-0.3, -0.25) is 4.79 Å². The third kappa shape index (κ3) is 3.82. The highest BCUT2D eigenvalue weighted by atomic mass is 16.5. The van der Waals surface area contributed by atoms with Gasteiger partial charge in [-0.25, -0.2) is 9.97 Å². The maximum Gasteiger partial charge on any atom is 0.223 e. The van der Waals surface area contributed by atoms with Gasteiger partial charge in [0, 0.05) is 45.0 Å². The zero-order chi connectivity index (χ0) is 16.8. The molecule has 0 unspecified atom stereocenters. The van der Waals surface area contributed by atoms with Crippen LogP contribution in [0.1, 0.15) is 12.0 Å². The lowest BCUT2D eigenvalue weighted by Gasteiger charge is -2.36. The van der Waals surface area contributed by atoms with E-state index in [1.165, 1.54) is 6.33 Å². The third-order valence-corrected chi connectivity index (χ3v) is 4.30. The Morgan fingerprint density at radius 2 is 1.83 bits per heavy atom. The van der Waals surface area contributed by atoms with Gasteiger partial charge in [0.25, 0.3) is 0 Å². The summed E-state index contributed by atoms with van der Waals surface area (Å²) in [6.07, 6.45) is 6.22. The molecule has 1 amide bonds. The van der Waals surface area contributed by atoms with E-state index in [4.69, 9.17) is 4.74 Å². The molecule has 6 nitrogen and oxygen atoms in total. The Morgan fingerprint density at radius 3 is 2.54 bits per heavy atom. The Morgan fingerprint density at radius 1 is 1.12 bits per heavy atom. The number of piperazine rings is 1. The van der Waals surface area contributed by atoms with E-state index in [0.29, 0.717) is 12.8 Å². The Kier molecular flexibility index (Phi) is 5.25. The molecule has 126 valence electrons. The number of carbonyl (C=O) groups excluding carboxylic acids is 1. The molecule has 1 aliphatic heterocycles. The fourth-order valence-corrected chi connectivity index (χ4v) is 2.96. The summed E-state index contributed by atoms with van der Waals surface area (Å²) < 4.78 is 5.43. The van der Waals surface area contributed by atoms with Crippen molar-refractivity contribution in [3.63, 3.8) is 0 Å². The second kappa shape index (κ2) is 7.77. The van der Waals surface area contributed by atoms with E-state index < -0.39 is 0 Å². The molecular formula is C18H22N4O2. The summed E-state index contributed by atoms with van der Waals surface area (Å²) in [7, 11) is 1.69. The van der Waals surface area contributed by atoms with Crippen molar-refractivity contribution in [2.24, 2.45) is 0 Å². The summed E-state index contributed by atoms with van der Waals surface area (Å²) in [6.45, 7) is 3.12. The van der Waals surface area contributed by atoms with Crippen molar-refractivity contribution >= 4 is 11.6 Å². The number of methoxy groups -OCH3 is 1. The van der Waals surface area contributed by atoms with Crippen molar-refractivity contribution in [3.8, 4) is 5.75 Å². The lowest BCUT2D eigenvalue weighted by molar-refractivity contribution is -0.131. The van der Waals surface area contributed by atoms with Crippen LogP contribution in [0.3, 0.4) is 0 Å². The lowest BCUT2D eigenvalue weighted by Crippen LogP contribution is -2.48. The number of hydrogen-bond acceptors (Lipinski definition) is 5. The first-order valence-electron chi connectivity index (χ1n) is 8.17. The van der Waals surface area contributed by atoms with Crippen LogP contribution in [-0.2, 0) is 11.2 Å². The first-order chi connectivity index (χ1) is 11.8. The molecule has 0 saturated carbocycles. The SMILES string of the molecule is COc1ccccc1N1CCN(C(=O)CCc2cncnc2)CC1. The average Bonchev–Trinajstić information content (AvgIpc) is 2.67. The number of benzene rings is 1. The predicted molar refractivity (Wildman–Crippen MR) is 92.1 cm³/mol. The van der Waals surface area contributed by atoms with Crippen LogP contribution in [0.2, 0.25) is 0 Å². The summed E-state index contributed by atoms with van der Waals surface area (Å²) >= 11 is 0. The molecule has 0 radical (unpaired) electrons. The van der Waals surface area contributed by atoms with E-state index in [1.54, 1.807) is 19.5 Å². The monoisotopic (exact) mass is 326 g/mol. The van der Waals surface area contributed by atoms with Crippen molar-refractivity contribution in [3.05, 3.63) is 48.5 Å². The number of nitrogens with zero attached hydrogens (tertiary/aromatic N) is 4. The Hall–Kier alpha value is -2.63. The minimum atomic E-state index is 0.193. The summed E-state index contributed by atoms with van der Waals surface area (Å²) in [5.41, 5.74) is 2.09. The summed E-state index contributed by atoms with van der Waals surface area (Å²) in [5, 5.41) is 0. The number of rotatable bonds is 5. The smallest absolute Gasteiger partial charge is 0.223 e. The standard InChI is InChI=1S/C18H22N4O2/c1-24-17-5-3-2-4-16(17)21-8-10-22(11-9-21)18(23)7-6-15-12-19-14-20-13-15/h2-5,12-14H,6-11H2,1H3. The predicted octanol–water partition coefficient (Wildman–Crippen LogP) is 1.77. The number of para-hydroxylation sites is 2. The second-order valence-electron chi connectivity index (χ2n) is 5.79. The van der Waals surface area contributed by atoms with E-state index >= 15 is 0 Å². The highest BCUT2D eigenvalue weighted by molar-refractivity contribution is 5.77. The lowest BCUT2D eigenvalue weighted by atomic mass is 10.1. The summed E-state index contributed by atoms with van der Waals surface area (Å²) in [5.74, 6) is 1.07. The first-order valence-corrected chi connectivity index (χ1v) is 8.17. The highest BCUT2D eigenvalue weighted by Gasteiger charge is 2.22. The second-order valence-corrected chi connectivity index (χ2v) is 5.79. The number of ether oxygens (including phenoxy) is 1. The maximum atomic E-state index is 12.4. The molecule has 1 aliphatic rings. The minimum absolute atomic E-state index is 0.193. The van der Waals surface area contributed by atoms with Gasteiger partial charge in [0.1, 0.15) is 12.1 Å². The van der Waals surface area contributed by atoms with Crippen LogP contribution < -0.4 is 9.64 Å². The molecule has 1 aromatic carbocycles.